The average molecular weight is 276 g/mol. The number of nitrogens with zero attached hydrogens (tertiary/aromatic N) is 2. The Labute approximate surface area is 116 Å². The van der Waals surface area contributed by atoms with Gasteiger partial charge in [-0.05, 0) is 36.1 Å². The van der Waals surface area contributed by atoms with Crippen molar-refractivity contribution in [3.63, 3.8) is 0 Å². The Bertz CT molecular complexity index is 535. The van der Waals surface area contributed by atoms with Crippen LogP contribution in [0.5, 0.6) is 0 Å². The fourth-order valence-electron chi connectivity index (χ4n) is 2.00. The molecule has 0 saturated carbocycles. The third-order valence-corrected chi connectivity index (χ3v) is 3.27. The molecule has 6 nitrogen and oxygen atoms in total. The molecule has 0 spiro atoms. The second-order valence-electron chi connectivity index (χ2n) is 4.52. The van der Waals surface area contributed by atoms with Gasteiger partial charge in [0, 0.05) is 0 Å². The quantitative estimate of drug-likeness (QED) is 0.705. The van der Waals surface area contributed by atoms with Crippen LogP contribution in [0.4, 0.5) is 0 Å². The number of nitroso groups, excluding NO2 is 2. The van der Waals surface area contributed by atoms with Gasteiger partial charge in [0.2, 0.25) is 0 Å². The lowest BCUT2D eigenvalue weighted by Crippen LogP contribution is -2.05. The number of aryl methyl sites for hydroxylation is 2. The largest absolute Gasteiger partial charge is 0.467 e. The van der Waals surface area contributed by atoms with Crippen LogP contribution >= 0.6 is 0 Å². The first kappa shape index (κ1) is 14.2. The first-order valence-electron chi connectivity index (χ1n) is 6.53. The van der Waals surface area contributed by atoms with Gasteiger partial charge in [0.1, 0.15) is 11.5 Å². The maximum absolute atomic E-state index is 11.1. The highest BCUT2D eigenvalue weighted by molar-refractivity contribution is 5.22. The highest BCUT2D eigenvalue weighted by Gasteiger charge is 2.32. The molecule has 2 unspecified atom stereocenters. The molecule has 106 valence electrons. The van der Waals surface area contributed by atoms with Gasteiger partial charge in [-0.2, -0.15) is 0 Å². The zero-order chi connectivity index (χ0) is 14.5. The van der Waals surface area contributed by atoms with E-state index in [1.54, 1.807) is 24.7 Å². The molecule has 2 aromatic heterocycles. The van der Waals surface area contributed by atoms with Crippen molar-refractivity contribution in [3.05, 3.63) is 57.1 Å². The Kier molecular flexibility index (Phi) is 4.45. The Morgan fingerprint density at radius 2 is 1.30 bits per heavy atom. The first-order valence-corrected chi connectivity index (χ1v) is 6.53. The summed E-state index contributed by atoms with van der Waals surface area (Å²) in [6.07, 6.45) is 4.65. The molecule has 0 radical (unpaired) electrons. The predicted octanol–water partition coefficient (Wildman–Crippen LogP) is 4.31. The Hall–Kier alpha value is -2.24. The van der Waals surface area contributed by atoms with Crippen molar-refractivity contribution >= 4 is 0 Å². The van der Waals surface area contributed by atoms with E-state index in [1.165, 1.54) is 0 Å². The van der Waals surface area contributed by atoms with Gasteiger partial charge in [-0.1, -0.05) is 24.2 Å². The SMILES string of the molecule is CCc1coc(C(N=O)C(N=O)c2cc(CC)co2)c1. The van der Waals surface area contributed by atoms with Gasteiger partial charge in [-0.15, -0.1) is 9.81 Å². The molecule has 0 saturated heterocycles. The van der Waals surface area contributed by atoms with E-state index in [4.69, 9.17) is 8.83 Å². The van der Waals surface area contributed by atoms with E-state index in [1.807, 2.05) is 13.8 Å². The van der Waals surface area contributed by atoms with Crippen LogP contribution in [0.2, 0.25) is 0 Å². The van der Waals surface area contributed by atoms with Crippen LogP contribution in [-0.2, 0) is 12.8 Å². The van der Waals surface area contributed by atoms with E-state index < -0.39 is 12.1 Å². The summed E-state index contributed by atoms with van der Waals surface area (Å²) in [5.41, 5.74) is 1.87. The fraction of sp³-hybridized carbons (Fsp3) is 0.429. The van der Waals surface area contributed by atoms with Gasteiger partial charge in [-0.3, -0.25) is 0 Å². The van der Waals surface area contributed by atoms with Crippen LogP contribution in [-0.4, -0.2) is 0 Å². The van der Waals surface area contributed by atoms with Gasteiger partial charge in [0.05, 0.1) is 12.5 Å². The minimum absolute atomic E-state index is 0.330. The van der Waals surface area contributed by atoms with Crippen LogP contribution < -0.4 is 0 Å². The summed E-state index contributed by atoms with van der Waals surface area (Å²) in [6.45, 7) is 3.93. The molecule has 0 aliphatic rings. The van der Waals surface area contributed by atoms with Crippen molar-refractivity contribution < 1.29 is 8.83 Å². The lowest BCUT2D eigenvalue weighted by molar-refractivity contribution is 0.381. The highest BCUT2D eigenvalue weighted by atomic mass is 16.3. The minimum atomic E-state index is -1.01. The maximum atomic E-state index is 11.1. The van der Waals surface area contributed by atoms with E-state index in [-0.39, 0.29) is 0 Å². The van der Waals surface area contributed by atoms with E-state index in [2.05, 4.69) is 10.4 Å². The van der Waals surface area contributed by atoms with Crippen LogP contribution in [0.25, 0.3) is 0 Å². The monoisotopic (exact) mass is 276 g/mol. The molecular weight excluding hydrogens is 260 g/mol. The van der Waals surface area contributed by atoms with Crippen LogP contribution in [0.15, 0.2) is 43.8 Å². The molecule has 0 aliphatic carbocycles. The third-order valence-electron chi connectivity index (χ3n) is 3.27. The molecule has 2 rings (SSSR count). The Balaban J connectivity index is 2.31. The van der Waals surface area contributed by atoms with Gasteiger partial charge >= 0.3 is 0 Å². The number of hydrogen-bond acceptors (Lipinski definition) is 6. The molecular formula is C14H16N2O4. The average Bonchev–Trinajstić information content (AvgIpc) is 3.13. The van der Waals surface area contributed by atoms with E-state index in [9.17, 15) is 9.81 Å². The van der Waals surface area contributed by atoms with Crippen molar-refractivity contribution in [1.29, 1.82) is 0 Å². The smallest absolute Gasteiger partial charge is 0.182 e. The van der Waals surface area contributed by atoms with Crippen molar-refractivity contribution in [1.82, 2.24) is 0 Å². The summed E-state index contributed by atoms with van der Waals surface area (Å²) >= 11 is 0. The summed E-state index contributed by atoms with van der Waals surface area (Å²) < 4.78 is 10.6. The summed E-state index contributed by atoms with van der Waals surface area (Å²) in [6, 6.07) is 1.41. The summed E-state index contributed by atoms with van der Waals surface area (Å²) in [5, 5.41) is 5.98. The molecule has 2 aromatic rings. The van der Waals surface area contributed by atoms with Gasteiger partial charge in [0.15, 0.2) is 12.1 Å². The van der Waals surface area contributed by atoms with E-state index in [0.29, 0.717) is 11.5 Å². The molecule has 0 N–H and O–H groups in total. The van der Waals surface area contributed by atoms with Crippen molar-refractivity contribution in [2.24, 2.45) is 10.4 Å². The fourth-order valence-corrected chi connectivity index (χ4v) is 2.00. The lowest BCUT2D eigenvalue weighted by atomic mass is 10.0. The van der Waals surface area contributed by atoms with Gasteiger partial charge < -0.3 is 8.83 Å². The number of furan rings is 2. The second kappa shape index (κ2) is 6.27. The topological polar surface area (TPSA) is 85.1 Å². The van der Waals surface area contributed by atoms with Crippen molar-refractivity contribution in [2.45, 2.75) is 38.8 Å². The molecule has 0 fully saturated rings. The van der Waals surface area contributed by atoms with Crippen molar-refractivity contribution in [2.75, 3.05) is 0 Å². The maximum Gasteiger partial charge on any atom is 0.182 e. The van der Waals surface area contributed by atoms with Gasteiger partial charge in [-0.25, -0.2) is 0 Å². The summed E-state index contributed by atoms with van der Waals surface area (Å²) in [4.78, 5) is 22.2. The standard InChI is InChI=1S/C14H16N2O4/c1-3-9-5-11(19-7-9)13(15-17)14(16-18)12-6-10(4-2)8-20-12/h5-8,13-14H,3-4H2,1-2H3. The van der Waals surface area contributed by atoms with E-state index in [0.717, 1.165) is 24.0 Å². The molecule has 0 aliphatic heterocycles. The summed E-state index contributed by atoms with van der Waals surface area (Å²) in [7, 11) is 0. The molecule has 2 heterocycles. The first-order chi connectivity index (χ1) is 9.73. The van der Waals surface area contributed by atoms with Crippen LogP contribution in [0, 0.1) is 9.81 Å². The predicted molar refractivity (Wildman–Crippen MR) is 73.2 cm³/mol. The second-order valence-corrected chi connectivity index (χ2v) is 4.52. The zero-order valence-corrected chi connectivity index (χ0v) is 11.4. The summed E-state index contributed by atoms with van der Waals surface area (Å²) in [5.74, 6) is 0.659. The molecule has 0 aromatic carbocycles. The zero-order valence-electron chi connectivity index (χ0n) is 11.4. The minimum Gasteiger partial charge on any atom is -0.467 e. The lowest BCUT2D eigenvalue weighted by Gasteiger charge is -2.10. The Morgan fingerprint density at radius 1 is 0.900 bits per heavy atom. The van der Waals surface area contributed by atoms with Gasteiger partial charge in [0.25, 0.3) is 0 Å². The van der Waals surface area contributed by atoms with E-state index >= 15 is 0 Å². The molecule has 0 bridgehead atoms. The third kappa shape index (κ3) is 2.68. The van der Waals surface area contributed by atoms with Crippen LogP contribution in [0.1, 0.15) is 48.6 Å². The Morgan fingerprint density at radius 3 is 1.55 bits per heavy atom. The molecule has 6 heteroatoms. The van der Waals surface area contributed by atoms with Crippen molar-refractivity contribution in [3.8, 4) is 0 Å². The molecule has 2 atom stereocenters. The number of rotatable bonds is 7. The highest BCUT2D eigenvalue weighted by Crippen LogP contribution is 2.36. The molecule has 20 heavy (non-hydrogen) atoms. The molecule has 0 amide bonds. The van der Waals surface area contributed by atoms with Crippen LogP contribution in [0.3, 0.4) is 0 Å². The number of hydrogen-bond donors (Lipinski definition) is 0. The normalized spacial score (nSPS) is 13.9.